The van der Waals surface area contributed by atoms with E-state index in [9.17, 15) is 9.59 Å². The minimum atomic E-state index is -0.312. The molecular weight excluding hydrogens is 156 g/mol. The maximum Gasteiger partial charge on any atom is 0.314 e. The van der Waals surface area contributed by atoms with E-state index in [1.807, 2.05) is 6.92 Å². The van der Waals surface area contributed by atoms with Crippen molar-refractivity contribution in [2.24, 2.45) is 11.8 Å². The molecule has 1 aliphatic heterocycles. The van der Waals surface area contributed by atoms with Crippen molar-refractivity contribution in [1.82, 2.24) is 0 Å². The lowest BCUT2D eigenvalue weighted by atomic mass is 9.81. The van der Waals surface area contributed by atoms with Crippen LogP contribution in [0.4, 0.5) is 0 Å². The van der Waals surface area contributed by atoms with E-state index in [2.05, 4.69) is 0 Å². The van der Waals surface area contributed by atoms with Gasteiger partial charge in [0.2, 0.25) is 0 Å². The van der Waals surface area contributed by atoms with Gasteiger partial charge in [0.15, 0.2) is 0 Å². The van der Waals surface area contributed by atoms with Crippen molar-refractivity contribution in [3.63, 3.8) is 0 Å². The van der Waals surface area contributed by atoms with E-state index in [1.165, 1.54) is 0 Å². The van der Waals surface area contributed by atoms with Crippen LogP contribution in [-0.2, 0) is 14.3 Å². The third-order valence-electron chi connectivity index (χ3n) is 3.12. The molecule has 0 unspecified atom stereocenters. The van der Waals surface area contributed by atoms with Gasteiger partial charge in [-0.15, -0.1) is 0 Å². The van der Waals surface area contributed by atoms with Crippen molar-refractivity contribution in [3.8, 4) is 0 Å². The first-order chi connectivity index (χ1) is 5.54. The van der Waals surface area contributed by atoms with Crippen LogP contribution in [0.1, 0.15) is 26.7 Å². The number of hydrogen-bond acceptors (Lipinski definition) is 3. The normalized spacial score (nSPS) is 44.7. The van der Waals surface area contributed by atoms with E-state index >= 15 is 0 Å². The molecule has 3 atom stereocenters. The Kier molecular flexibility index (Phi) is 1.35. The van der Waals surface area contributed by atoms with Crippen LogP contribution in [0.3, 0.4) is 0 Å². The van der Waals surface area contributed by atoms with Crippen LogP contribution in [-0.4, -0.2) is 17.4 Å². The number of rotatable bonds is 1. The highest BCUT2D eigenvalue weighted by Crippen LogP contribution is 2.50. The summed E-state index contributed by atoms with van der Waals surface area (Å²) >= 11 is 0. The zero-order chi connectivity index (χ0) is 8.93. The third-order valence-corrected chi connectivity index (χ3v) is 3.12. The summed E-state index contributed by atoms with van der Waals surface area (Å²) in [4.78, 5) is 22.2. The van der Waals surface area contributed by atoms with E-state index < -0.39 is 0 Å². The highest BCUT2D eigenvalue weighted by atomic mass is 16.6. The van der Waals surface area contributed by atoms with E-state index in [0.717, 1.165) is 12.8 Å². The van der Waals surface area contributed by atoms with Crippen LogP contribution in [0.5, 0.6) is 0 Å². The fourth-order valence-corrected chi connectivity index (χ4v) is 2.39. The first-order valence-corrected chi connectivity index (χ1v) is 4.28. The lowest BCUT2D eigenvalue weighted by Crippen LogP contribution is -2.54. The molecule has 1 aliphatic carbocycles. The van der Waals surface area contributed by atoms with Gasteiger partial charge in [0.25, 0.3) is 0 Å². The Hall–Kier alpha value is -0.860. The molecule has 66 valence electrons. The second-order valence-electron chi connectivity index (χ2n) is 3.97. The topological polar surface area (TPSA) is 43.4 Å². The van der Waals surface area contributed by atoms with Crippen LogP contribution in [0.25, 0.3) is 0 Å². The highest BCUT2D eigenvalue weighted by Gasteiger charge is 2.61. The van der Waals surface area contributed by atoms with Gasteiger partial charge in [0.1, 0.15) is 17.3 Å². The second kappa shape index (κ2) is 2.09. The molecule has 2 rings (SSSR count). The standard InChI is InChI=1S/C9H12O3/c1-5(10)6-3-4-9(2)7(6)8(11)12-9/h6-7H,3-4H2,1-2H3/t6-,7+,9+/m0/s1. The number of ether oxygens (including phenoxy) is 1. The van der Waals surface area contributed by atoms with Gasteiger partial charge in [-0.25, -0.2) is 0 Å². The van der Waals surface area contributed by atoms with E-state index in [-0.39, 0.29) is 29.2 Å². The average Bonchev–Trinajstić information content (AvgIpc) is 2.22. The molecule has 3 heteroatoms. The molecule has 3 nitrogen and oxygen atoms in total. The summed E-state index contributed by atoms with van der Waals surface area (Å²) in [5.74, 6) is -0.276. The van der Waals surface area contributed by atoms with Crippen molar-refractivity contribution >= 4 is 11.8 Å². The Morgan fingerprint density at radius 1 is 1.67 bits per heavy atom. The molecule has 1 saturated heterocycles. The molecule has 0 radical (unpaired) electrons. The monoisotopic (exact) mass is 168 g/mol. The fourth-order valence-electron chi connectivity index (χ4n) is 2.39. The lowest BCUT2D eigenvalue weighted by molar-refractivity contribution is -0.206. The van der Waals surface area contributed by atoms with Gasteiger partial charge in [-0.2, -0.15) is 0 Å². The predicted octanol–water partition coefficient (Wildman–Crippen LogP) is 0.917. The Balaban J connectivity index is 2.23. The van der Waals surface area contributed by atoms with E-state index in [4.69, 9.17) is 4.74 Å². The summed E-state index contributed by atoms with van der Waals surface area (Å²) in [6.07, 6.45) is 1.65. The van der Waals surface area contributed by atoms with Crippen LogP contribution in [0, 0.1) is 11.8 Å². The molecule has 1 heterocycles. The maximum atomic E-state index is 11.1. The largest absolute Gasteiger partial charge is 0.458 e. The number of carbonyl (C=O) groups excluding carboxylic acids is 2. The fraction of sp³-hybridized carbons (Fsp3) is 0.778. The van der Waals surface area contributed by atoms with Gasteiger partial charge in [0, 0.05) is 5.92 Å². The summed E-state index contributed by atoms with van der Waals surface area (Å²) in [5, 5.41) is 0. The number of carbonyl (C=O) groups is 2. The minimum absolute atomic E-state index is 0.0729. The predicted molar refractivity (Wildman–Crippen MR) is 41.4 cm³/mol. The van der Waals surface area contributed by atoms with Gasteiger partial charge in [-0.3, -0.25) is 9.59 Å². The highest BCUT2D eigenvalue weighted by molar-refractivity contribution is 5.90. The van der Waals surface area contributed by atoms with Crippen molar-refractivity contribution in [2.45, 2.75) is 32.3 Å². The number of esters is 1. The molecule has 0 N–H and O–H groups in total. The van der Waals surface area contributed by atoms with Crippen molar-refractivity contribution < 1.29 is 14.3 Å². The molecule has 0 aromatic rings. The van der Waals surface area contributed by atoms with Crippen LogP contribution in [0.15, 0.2) is 0 Å². The summed E-state index contributed by atoms with van der Waals surface area (Å²) in [6.45, 7) is 3.48. The summed E-state index contributed by atoms with van der Waals surface area (Å²) in [7, 11) is 0. The molecule has 2 fully saturated rings. The molecule has 0 amide bonds. The molecule has 0 spiro atoms. The molecule has 0 aromatic carbocycles. The van der Waals surface area contributed by atoms with Crippen LogP contribution < -0.4 is 0 Å². The molecule has 0 aromatic heterocycles. The number of fused-ring (bicyclic) bond motifs is 1. The molecule has 12 heavy (non-hydrogen) atoms. The first kappa shape index (κ1) is 7.77. The van der Waals surface area contributed by atoms with Crippen LogP contribution >= 0.6 is 0 Å². The molecule has 2 aliphatic rings. The zero-order valence-electron chi connectivity index (χ0n) is 7.29. The Bertz CT molecular complexity index is 258. The number of Topliss-reactive ketones (excluding diaryl/α,β-unsaturated/α-hetero) is 1. The summed E-state index contributed by atoms with van der Waals surface area (Å²) in [5.41, 5.74) is -0.312. The Labute approximate surface area is 71.1 Å². The average molecular weight is 168 g/mol. The quantitative estimate of drug-likeness (QED) is 0.547. The van der Waals surface area contributed by atoms with Gasteiger partial charge < -0.3 is 4.74 Å². The molecule has 1 saturated carbocycles. The SMILES string of the molecule is CC(=O)[C@@H]1CC[C@@]2(C)OC(=O)[C@@H]12. The van der Waals surface area contributed by atoms with Gasteiger partial charge in [0.05, 0.1) is 0 Å². The van der Waals surface area contributed by atoms with E-state index in [0.29, 0.717) is 0 Å². The number of ketones is 1. The Morgan fingerprint density at radius 2 is 2.33 bits per heavy atom. The van der Waals surface area contributed by atoms with Crippen molar-refractivity contribution in [1.29, 1.82) is 0 Å². The van der Waals surface area contributed by atoms with Gasteiger partial charge >= 0.3 is 5.97 Å². The van der Waals surface area contributed by atoms with Gasteiger partial charge in [-0.1, -0.05) is 0 Å². The van der Waals surface area contributed by atoms with E-state index in [1.54, 1.807) is 6.92 Å². The van der Waals surface area contributed by atoms with Gasteiger partial charge in [-0.05, 0) is 26.7 Å². The molecular formula is C9H12O3. The summed E-state index contributed by atoms with van der Waals surface area (Å²) in [6, 6.07) is 0. The maximum absolute atomic E-state index is 11.1. The Morgan fingerprint density at radius 3 is 2.75 bits per heavy atom. The van der Waals surface area contributed by atoms with Crippen molar-refractivity contribution in [2.75, 3.05) is 0 Å². The minimum Gasteiger partial charge on any atom is -0.458 e. The first-order valence-electron chi connectivity index (χ1n) is 4.28. The molecule has 0 bridgehead atoms. The smallest absolute Gasteiger partial charge is 0.314 e. The number of hydrogen-bond donors (Lipinski definition) is 0. The van der Waals surface area contributed by atoms with Crippen LogP contribution in [0.2, 0.25) is 0 Å². The lowest BCUT2D eigenvalue weighted by Gasteiger charge is -2.41. The zero-order valence-corrected chi connectivity index (χ0v) is 7.29. The second-order valence-corrected chi connectivity index (χ2v) is 3.97. The summed E-state index contributed by atoms with van der Waals surface area (Å²) < 4.78 is 5.04. The van der Waals surface area contributed by atoms with Crippen molar-refractivity contribution in [3.05, 3.63) is 0 Å². The third kappa shape index (κ3) is 0.765.